The van der Waals surface area contributed by atoms with E-state index in [4.69, 9.17) is 9.47 Å². The van der Waals surface area contributed by atoms with Crippen LogP contribution in [0.15, 0.2) is 52.3 Å². The molecule has 2 aliphatic rings. The smallest absolute Gasteiger partial charge is 0.246 e. The summed E-state index contributed by atoms with van der Waals surface area (Å²) in [5.74, 6) is -0.307. The van der Waals surface area contributed by atoms with Crippen LogP contribution in [0.25, 0.3) is 0 Å². The number of sulfonamides is 2. The molecule has 0 unspecified atom stereocenters. The van der Waals surface area contributed by atoms with Crippen molar-refractivity contribution in [2.75, 3.05) is 65.9 Å². The van der Waals surface area contributed by atoms with Crippen molar-refractivity contribution >= 4 is 31.6 Å². The Morgan fingerprint density at radius 3 is 2.18 bits per heavy atom. The minimum absolute atomic E-state index is 0.0162. The predicted octanol–water partition coefficient (Wildman–Crippen LogP) is 1.68. The van der Waals surface area contributed by atoms with Gasteiger partial charge in [0.2, 0.25) is 26.0 Å². The van der Waals surface area contributed by atoms with Crippen LogP contribution in [0.5, 0.6) is 11.5 Å². The molecule has 2 aliphatic heterocycles. The van der Waals surface area contributed by atoms with Crippen LogP contribution in [0, 0.1) is 5.92 Å². The highest BCUT2D eigenvalue weighted by Gasteiger charge is 2.35. The fourth-order valence-corrected chi connectivity index (χ4v) is 7.75. The molecule has 11 nitrogen and oxygen atoms in total. The number of rotatable bonds is 8. The number of carbonyl (C=O) groups is 1. The van der Waals surface area contributed by atoms with Crippen LogP contribution in [0.2, 0.25) is 0 Å². The number of nitrogens with one attached hydrogen (secondary N) is 1. The van der Waals surface area contributed by atoms with Crippen molar-refractivity contribution in [3.05, 3.63) is 42.5 Å². The lowest BCUT2D eigenvalue weighted by molar-refractivity contribution is -0.120. The Kier molecular flexibility index (Phi) is 8.62. The number of methoxy groups -OCH3 is 2. The molecule has 2 aromatic carbocycles. The van der Waals surface area contributed by atoms with Gasteiger partial charge in [0.05, 0.1) is 25.0 Å². The van der Waals surface area contributed by atoms with Crippen LogP contribution in [0.1, 0.15) is 12.8 Å². The number of nitrogens with zero attached hydrogens (tertiary/aromatic N) is 3. The SMILES string of the molecule is COc1ccc(OC)c(S(=O)(=O)N2CCC[C@H](C(=O)Nc3ccc(S(=O)(=O)N4CCN(C)CC4)cc3)C2)c1. The van der Waals surface area contributed by atoms with Gasteiger partial charge < -0.3 is 19.7 Å². The van der Waals surface area contributed by atoms with E-state index in [-0.39, 0.29) is 34.5 Å². The monoisotopic (exact) mass is 566 g/mol. The molecule has 0 spiro atoms. The van der Waals surface area contributed by atoms with Crippen LogP contribution in [-0.2, 0) is 24.8 Å². The number of hydrogen-bond donors (Lipinski definition) is 1. The molecule has 2 aromatic rings. The third-order valence-corrected chi connectivity index (χ3v) is 10.8. The molecule has 0 saturated carbocycles. The number of piperazine rings is 1. The summed E-state index contributed by atoms with van der Waals surface area (Å²) in [5, 5.41) is 2.81. The van der Waals surface area contributed by atoms with E-state index in [2.05, 4.69) is 10.2 Å². The van der Waals surface area contributed by atoms with Gasteiger partial charge in [-0.3, -0.25) is 4.79 Å². The molecule has 1 amide bonds. The summed E-state index contributed by atoms with van der Waals surface area (Å²) in [7, 11) is -2.74. The maximum Gasteiger partial charge on any atom is 0.246 e. The molecule has 13 heteroatoms. The zero-order valence-corrected chi connectivity index (χ0v) is 23.4. The van der Waals surface area contributed by atoms with Gasteiger partial charge in [-0.15, -0.1) is 0 Å². The van der Waals surface area contributed by atoms with E-state index in [1.165, 1.54) is 47.1 Å². The van der Waals surface area contributed by atoms with E-state index in [0.717, 1.165) is 0 Å². The van der Waals surface area contributed by atoms with Crippen molar-refractivity contribution < 1.29 is 31.1 Å². The minimum Gasteiger partial charge on any atom is -0.497 e. The van der Waals surface area contributed by atoms with Crippen LogP contribution < -0.4 is 14.8 Å². The number of amides is 1. The second-order valence-electron chi connectivity index (χ2n) is 9.44. The lowest BCUT2D eigenvalue weighted by Gasteiger charge is -2.32. The van der Waals surface area contributed by atoms with Gasteiger partial charge in [0, 0.05) is 51.0 Å². The Hall–Kier alpha value is -2.71. The first-order valence-corrected chi connectivity index (χ1v) is 15.3. The quantitative estimate of drug-likeness (QED) is 0.512. The summed E-state index contributed by atoms with van der Waals surface area (Å²) in [6.45, 7) is 2.51. The van der Waals surface area contributed by atoms with Crippen LogP contribution >= 0.6 is 0 Å². The van der Waals surface area contributed by atoms with E-state index in [1.807, 2.05) is 7.05 Å². The van der Waals surface area contributed by atoms with Gasteiger partial charge in [0.1, 0.15) is 16.4 Å². The number of ether oxygens (including phenoxy) is 2. The topological polar surface area (TPSA) is 126 Å². The largest absolute Gasteiger partial charge is 0.497 e. The molecule has 2 heterocycles. The number of likely N-dealkylation sites (N-methyl/N-ethyl adjacent to an activating group) is 1. The van der Waals surface area contributed by atoms with Crippen molar-refractivity contribution in [1.82, 2.24) is 13.5 Å². The molecule has 208 valence electrons. The predicted molar refractivity (Wildman–Crippen MR) is 142 cm³/mol. The molecule has 0 bridgehead atoms. The number of piperidine rings is 1. The van der Waals surface area contributed by atoms with Crippen LogP contribution in [0.4, 0.5) is 5.69 Å². The van der Waals surface area contributed by atoms with Crippen LogP contribution in [0.3, 0.4) is 0 Å². The first-order valence-electron chi connectivity index (χ1n) is 12.4. The van der Waals surface area contributed by atoms with Gasteiger partial charge in [-0.1, -0.05) is 0 Å². The van der Waals surface area contributed by atoms with Crippen molar-refractivity contribution in [2.24, 2.45) is 5.92 Å². The molecular weight excluding hydrogens is 532 g/mol. The Morgan fingerprint density at radius 2 is 1.55 bits per heavy atom. The van der Waals surface area contributed by atoms with Crippen molar-refractivity contribution in [1.29, 1.82) is 0 Å². The van der Waals surface area contributed by atoms with E-state index < -0.39 is 26.0 Å². The molecule has 0 radical (unpaired) electrons. The van der Waals surface area contributed by atoms with E-state index in [9.17, 15) is 21.6 Å². The average molecular weight is 567 g/mol. The number of benzene rings is 2. The molecule has 0 aromatic heterocycles. The van der Waals surface area contributed by atoms with Gasteiger partial charge in [0.15, 0.2) is 0 Å². The highest BCUT2D eigenvalue weighted by Crippen LogP contribution is 2.33. The number of anilines is 1. The van der Waals surface area contributed by atoms with Gasteiger partial charge in [-0.2, -0.15) is 8.61 Å². The lowest BCUT2D eigenvalue weighted by Crippen LogP contribution is -2.47. The van der Waals surface area contributed by atoms with E-state index >= 15 is 0 Å². The first-order chi connectivity index (χ1) is 18.1. The summed E-state index contributed by atoms with van der Waals surface area (Å²) < 4.78 is 66.0. The Balaban J connectivity index is 1.43. The number of hydrogen-bond acceptors (Lipinski definition) is 8. The lowest BCUT2D eigenvalue weighted by atomic mass is 9.99. The van der Waals surface area contributed by atoms with Crippen molar-refractivity contribution in [2.45, 2.75) is 22.6 Å². The van der Waals surface area contributed by atoms with Gasteiger partial charge in [-0.05, 0) is 56.3 Å². The molecule has 38 heavy (non-hydrogen) atoms. The summed E-state index contributed by atoms with van der Waals surface area (Å²) >= 11 is 0. The molecule has 0 aliphatic carbocycles. The fraction of sp³-hybridized carbons (Fsp3) is 0.480. The maximum atomic E-state index is 13.4. The summed E-state index contributed by atoms with van der Waals surface area (Å²) in [5.41, 5.74) is 0.446. The standard InChI is InChI=1S/C25H34N4O7S2/c1-27-13-15-28(16-14-27)37(31,32)22-9-6-20(7-10-22)26-25(30)19-5-4-12-29(18-19)38(33,34)24-17-21(35-2)8-11-23(24)36-3/h6-11,17,19H,4-5,12-16,18H2,1-3H3,(H,26,30)/t19-/m0/s1. The van der Waals surface area contributed by atoms with Gasteiger partial charge in [0.25, 0.3) is 0 Å². The van der Waals surface area contributed by atoms with Crippen molar-refractivity contribution in [3.8, 4) is 11.5 Å². The maximum absolute atomic E-state index is 13.4. The molecule has 2 saturated heterocycles. The molecule has 1 N–H and O–H groups in total. The summed E-state index contributed by atoms with van der Waals surface area (Å²) in [6.07, 6.45) is 1.05. The molecule has 2 fully saturated rings. The summed E-state index contributed by atoms with van der Waals surface area (Å²) in [6, 6.07) is 10.6. The van der Waals surface area contributed by atoms with Crippen LogP contribution in [-0.4, -0.2) is 96.8 Å². The molecular formula is C25H34N4O7S2. The molecule has 1 atom stereocenters. The minimum atomic E-state index is -3.94. The Bertz CT molecular complexity index is 1360. The third-order valence-electron chi connectivity index (χ3n) is 6.97. The summed E-state index contributed by atoms with van der Waals surface area (Å²) in [4.78, 5) is 15.3. The van der Waals surface area contributed by atoms with E-state index in [0.29, 0.717) is 50.5 Å². The normalized spacial score (nSPS) is 20.1. The van der Waals surface area contributed by atoms with Gasteiger partial charge in [-0.25, -0.2) is 16.8 Å². The van der Waals surface area contributed by atoms with Crippen molar-refractivity contribution in [3.63, 3.8) is 0 Å². The Morgan fingerprint density at radius 1 is 0.868 bits per heavy atom. The average Bonchev–Trinajstić information content (AvgIpc) is 2.93. The Labute approximate surface area is 224 Å². The highest BCUT2D eigenvalue weighted by molar-refractivity contribution is 7.89. The zero-order chi connectivity index (χ0) is 27.5. The first kappa shape index (κ1) is 28.3. The van der Waals surface area contributed by atoms with E-state index in [1.54, 1.807) is 18.2 Å². The molecule has 4 rings (SSSR count). The number of carbonyl (C=O) groups excluding carboxylic acids is 1. The zero-order valence-electron chi connectivity index (χ0n) is 21.8. The third kappa shape index (κ3) is 5.96. The fourth-order valence-electron chi connectivity index (χ4n) is 4.63. The second kappa shape index (κ2) is 11.6. The van der Waals surface area contributed by atoms with Gasteiger partial charge >= 0.3 is 0 Å². The second-order valence-corrected chi connectivity index (χ2v) is 13.3. The highest BCUT2D eigenvalue weighted by atomic mass is 32.2.